The first-order chi connectivity index (χ1) is 8.96. The van der Waals surface area contributed by atoms with Crippen LogP contribution in [0.3, 0.4) is 0 Å². The monoisotopic (exact) mass is 222 g/mol. The maximum Gasteiger partial charge on any atom is 0.269 e. The topological polar surface area (TPSA) is 54.0 Å². The van der Waals surface area contributed by atoms with Gasteiger partial charge in [-0.05, 0) is 43.5 Å². The van der Waals surface area contributed by atoms with E-state index in [1.54, 1.807) is 12.3 Å². The normalized spacial score (nSPS) is 20.6. The molecule has 4 nitrogen and oxygen atoms in total. The Labute approximate surface area is 99.7 Å². The molecular weight excluding hydrogens is 202 g/mol. The molecule has 1 aromatic rings. The maximum absolute atomic E-state index is 11.6. The number of carbonyl (C=O) groups is 1. The van der Waals surface area contributed by atoms with Crippen molar-refractivity contribution in [1.82, 2.24) is 15.6 Å². The molecule has 1 fully saturated rings. The minimum absolute atomic E-state index is 0.133. The van der Waals surface area contributed by atoms with Gasteiger partial charge in [0.05, 0.1) is 0 Å². The molecule has 0 spiro atoms. The van der Waals surface area contributed by atoms with Crippen molar-refractivity contribution in [2.45, 2.75) is 18.8 Å². The maximum atomic E-state index is 11.6. The summed E-state index contributed by atoms with van der Waals surface area (Å²) in [6, 6.07) is 3.44. The fraction of sp³-hybridized carbons (Fsp3) is 0.500. The summed E-state index contributed by atoms with van der Waals surface area (Å²) in [6.07, 6.45) is 3.79. The molecule has 0 saturated carbocycles. The number of hydrogen-bond acceptors (Lipinski definition) is 3. The fourth-order valence-electron chi connectivity index (χ4n) is 2.00. The van der Waals surface area contributed by atoms with Crippen LogP contribution in [0.4, 0.5) is 0 Å². The number of piperidine rings is 1. The number of rotatable bonds is 2. The number of amides is 1. The molecular formula is C12H17N3O. The largest absolute Gasteiger partial charge is 0.354 e. The van der Waals surface area contributed by atoms with Crippen molar-refractivity contribution in [3.8, 4) is 0 Å². The Kier molecular flexibility index (Phi) is 2.47. The molecule has 0 aliphatic carbocycles. The smallest absolute Gasteiger partial charge is 0.269 e. The lowest BCUT2D eigenvalue weighted by Gasteiger charge is -2.22. The van der Waals surface area contributed by atoms with Crippen molar-refractivity contribution in [1.29, 1.82) is 0 Å². The van der Waals surface area contributed by atoms with E-state index in [2.05, 4.69) is 10.3 Å². The molecule has 0 aromatic carbocycles. The summed E-state index contributed by atoms with van der Waals surface area (Å²) >= 11 is 0. The highest BCUT2D eigenvalue weighted by Gasteiger charge is 2.15. The Morgan fingerprint density at radius 3 is 3.00 bits per heavy atom. The zero-order chi connectivity index (χ0) is 13.9. The van der Waals surface area contributed by atoms with Crippen LogP contribution in [0.25, 0.3) is 0 Å². The van der Waals surface area contributed by atoms with Crippen LogP contribution in [0.15, 0.2) is 18.3 Å². The summed E-state index contributed by atoms with van der Waals surface area (Å²) in [5.41, 5.74) is 1.24. The summed E-state index contributed by atoms with van der Waals surface area (Å²) < 4.78 is 20.9. The van der Waals surface area contributed by atoms with Crippen molar-refractivity contribution in [2.24, 2.45) is 0 Å². The summed E-state index contributed by atoms with van der Waals surface area (Å²) in [4.78, 5) is 15.7. The third kappa shape index (κ3) is 2.39. The Bertz CT molecular complexity index is 439. The van der Waals surface area contributed by atoms with Crippen LogP contribution in [0.1, 0.15) is 38.9 Å². The van der Waals surface area contributed by atoms with Gasteiger partial charge in [0.2, 0.25) is 0 Å². The first-order valence-corrected chi connectivity index (χ1v) is 5.45. The summed E-state index contributed by atoms with van der Waals surface area (Å²) in [6.45, 7) is -0.496. The van der Waals surface area contributed by atoms with Gasteiger partial charge in [-0.2, -0.15) is 0 Å². The quantitative estimate of drug-likeness (QED) is 0.782. The first-order valence-electron chi connectivity index (χ1n) is 6.95. The van der Waals surface area contributed by atoms with E-state index < -0.39 is 12.9 Å². The number of nitrogens with zero attached hydrogens (tertiary/aromatic N) is 1. The van der Waals surface area contributed by atoms with Gasteiger partial charge in [-0.15, -0.1) is 0 Å². The standard InChI is InChI=1S/C12H17N3O/c1-13-12(16)11-3-2-10(8-15-11)9-4-6-14-7-5-9/h2-3,8-9,14H,4-7H2,1H3,(H,13,16)/i1D3. The number of aromatic nitrogens is 1. The van der Waals surface area contributed by atoms with E-state index in [0.717, 1.165) is 31.5 Å². The zero-order valence-electron chi connectivity index (χ0n) is 12.0. The van der Waals surface area contributed by atoms with E-state index in [1.807, 2.05) is 11.4 Å². The summed E-state index contributed by atoms with van der Waals surface area (Å²) in [5.74, 6) is -0.203. The number of hydrogen-bond donors (Lipinski definition) is 2. The van der Waals surface area contributed by atoms with Crippen LogP contribution in [0, 0.1) is 0 Å². The fourth-order valence-corrected chi connectivity index (χ4v) is 2.00. The van der Waals surface area contributed by atoms with Gasteiger partial charge < -0.3 is 10.6 Å². The van der Waals surface area contributed by atoms with E-state index in [0.29, 0.717) is 5.92 Å². The second-order valence-electron chi connectivity index (χ2n) is 3.96. The second-order valence-corrected chi connectivity index (χ2v) is 3.96. The predicted octanol–water partition coefficient (Wildman–Crippen LogP) is 0.908. The van der Waals surface area contributed by atoms with E-state index in [-0.39, 0.29) is 5.69 Å². The van der Waals surface area contributed by atoms with Gasteiger partial charge in [-0.3, -0.25) is 9.78 Å². The Balaban J connectivity index is 2.03. The lowest BCUT2D eigenvalue weighted by Crippen LogP contribution is -2.26. The van der Waals surface area contributed by atoms with Crippen molar-refractivity contribution >= 4 is 5.91 Å². The molecule has 2 N–H and O–H groups in total. The summed E-state index contributed by atoms with van der Waals surface area (Å²) in [7, 11) is 0. The van der Waals surface area contributed by atoms with Crippen molar-refractivity contribution < 1.29 is 8.91 Å². The van der Waals surface area contributed by atoms with Gasteiger partial charge >= 0.3 is 0 Å². The first kappa shape index (κ1) is 7.79. The van der Waals surface area contributed by atoms with Gasteiger partial charge in [0.15, 0.2) is 0 Å². The van der Waals surface area contributed by atoms with Gasteiger partial charge in [-0.25, -0.2) is 0 Å². The zero-order valence-corrected chi connectivity index (χ0v) is 8.99. The van der Waals surface area contributed by atoms with Crippen molar-refractivity contribution in [3.63, 3.8) is 0 Å². The Hall–Kier alpha value is -1.42. The average molecular weight is 222 g/mol. The Morgan fingerprint density at radius 1 is 1.56 bits per heavy atom. The molecule has 2 heterocycles. The van der Waals surface area contributed by atoms with E-state index >= 15 is 0 Å². The lowest BCUT2D eigenvalue weighted by molar-refractivity contribution is 0.0958. The SMILES string of the molecule is [2H]C([2H])([2H])NC(=O)c1ccc(C2CCNCC2)cn1. The van der Waals surface area contributed by atoms with Crippen LogP contribution in [0.5, 0.6) is 0 Å². The minimum atomic E-state index is -2.48. The molecule has 2 rings (SSSR count). The van der Waals surface area contributed by atoms with Crippen molar-refractivity contribution in [3.05, 3.63) is 29.6 Å². The van der Waals surface area contributed by atoms with Gasteiger partial charge in [-0.1, -0.05) is 6.07 Å². The van der Waals surface area contributed by atoms with E-state index in [4.69, 9.17) is 4.11 Å². The van der Waals surface area contributed by atoms with Crippen LogP contribution in [-0.4, -0.2) is 31.0 Å². The molecule has 1 amide bonds. The highest BCUT2D eigenvalue weighted by Crippen LogP contribution is 2.24. The van der Waals surface area contributed by atoms with Crippen LogP contribution >= 0.6 is 0 Å². The van der Waals surface area contributed by atoms with E-state index in [1.165, 1.54) is 0 Å². The van der Waals surface area contributed by atoms with Crippen LogP contribution in [-0.2, 0) is 0 Å². The van der Waals surface area contributed by atoms with Gasteiger partial charge in [0.1, 0.15) is 5.69 Å². The highest BCUT2D eigenvalue weighted by atomic mass is 16.1. The minimum Gasteiger partial charge on any atom is -0.354 e. The van der Waals surface area contributed by atoms with Crippen molar-refractivity contribution in [2.75, 3.05) is 20.1 Å². The lowest BCUT2D eigenvalue weighted by atomic mass is 9.91. The van der Waals surface area contributed by atoms with E-state index in [9.17, 15) is 4.79 Å². The molecule has 0 unspecified atom stereocenters. The molecule has 1 aromatic heterocycles. The molecule has 1 aliphatic heterocycles. The third-order valence-electron chi connectivity index (χ3n) is 2.94. The molecule has 0 atom stereocenters. The third-order valence-corrected chi connectivity index (χ3v) is 2.94. The average Bonchev–Trinajstić information content (AvgIpc) is 2.38. The molecule has 0 bridgehead atoms. The van der Waals surface area contributed by atoms with Crippen LogP contribution < -0.4 is 10.6 Å². The second kappa shape index (κ2) is 5.07. The number of pyridine rings is 1. The molecule has 1 saturated heterocycles. The molecule has 1 aliphatic rings. The van der Waals surface area contributed by atoms with Gasteiger partial charge in [0.25, 0.3) is 5.91 Å². The highest BCUT2D eigenvalue weighted by molar-refractivity contribution is 5.91. The molecule has 4 heteroatoms. The van der Waals surface area contributed by atoms with Crippen LogP contribution in [0.2, 0.25) is 0 Å². The molecule has 0 radical (unpaired) electrons. The Morgan fingerprint density at radius 2 is 2.38 bits per heavy atom. The molecule has 86 valence electrons. The number of carbonyl (C=O) groups excluding carboxylic acids is 1. The van der Waals surface area contributed by atoms with Gasteiger partial charge in [0, 0.05) is 17.3 Å². The molecule has 16 heavy (non-hydrogen) atoms. The summed E-state index contributed by atoms with van der Waals surface area (Å²) in [5, 5.41) is 5.22. The number of nitrogens with one attached hydrogen (secondary N) is 2. The predicted molar refractivity (Wildman–Crippen MR) is 62.5 cm³/mol.